The number of fused-ring (bicyclic) bond motifs is 1. The van der Waals surface area contributed by atoms with Gasteiger partial charge in [-0.3, -0.25) is 15.0 Å². The number of hydrogen-bond acceptors (Lipinski definition) is 5. The molecule has 0 amide bonds. The highest BCUT2D eigenvalue weighted by molar-refractivity contribution is 6.29. The third-order valence-electron chi connectivity index (χ3n) is 2.27. The maximum atomic E-state index is 11.1. The molecule has 0 spiro atoms. The van der Waals surface area contributed by atoms with E-state index in [1.165, 1.54) is 6.08 Å². The van der Waals surface area contributed by atoms with Gasteiger partial charge in [-0.25, -0.2) is 5.53 Å². The number of allylic oxidation sites excluding steroid dienone is 3. The molecule has 0 saturated heterocycles. The summed E-state index contributed by atoms with van der Waals surface area (Å²) < 4.78 is 0. The first-order valence-corrected chi connectivity index (χ1v) is 4.05. The average molecular weight is 209 g/mol. The lowest BCUT2D eigenvalue weighted by Crippen LogP contribution is -2.46. The van der Waals surface area contributed by atoms with Crippen LogP contribution in [0.5, 0.6) is 0 Å². The second-order valence-electron chi connectivity index (χ2n) is 3.05. The van der Waals surface area contributed by atoms with Gasteiger partial charge in [-0.05, 0) is 12.2 Å². The number of aliphatic carboxylic acids is 2. The third kappa shape index (κ3) is 1.03. The van der Waals surface area contributed by atoms with Crippen molar-refractivity contribution in [3.05, 3.63) is 23.9 Å². The van der Waals surface area contributed by atoms with Gasteiger partial charge in [-0.15, -0.1) is 0 Å². The van der Waals surface area contributed by atoms with E-state index in [-0.39, 0.29) is 5.71 Å². The molecule has 7 nitrogen and oxygen atoms in total. The lowest BCUT2D eigenvalue weighted by Gasteiger charge is -2.22. The number of hydrazine groups is 1. The second-order valence-corrected chi connectivity index (χ2v) is 3.05. The zero-order valence-electron chi connectivity index (χ0n) is 7.39. The van der Waals surface area contributed by atoms with Gasteiger partial charge >= 0.3 is 11.9 Å². The van der Waals surface area contributed by atoms with Crippen molar-refractivity contribution in [1.29, 1.82) is 0 Å². The molecular formula is C8H7N3O4. The number of rotatable bonds is 2. The summed E-state index contributed by atoms with van der Waals surface area (Å²) >= 11 is 0. The molecule has 0 saturated carbocycles. The molecule has 0 radical (unpaired) electrons. The average Bonchev–Trinajstić information content (AvgIpc) is 2.63. The topological polar surface area (TPSA) is 111 Å². The summed E-state index contributed by atoms with van der Waals surface area (Å²) in [5.41, 5.74) is 3.07. The van der Waals surface area contributed by atoms with E-state index >= 15 is 0 Å². The standard InChI is InChI=1S/C8H7N3O4/c12-6(13)8(7(14)15)3-1-2-4-5(8)10-11-9-4/h1-3,9,11H,(H,12,13)(H,14,15). The molecule has 0 bridgehead atoms. The van der Waals surface area contributed by atoms with Gasteiger partial charge in [0.1, 0.15) is 5.71 Å². The minimum atomic E-state index is -2.11. The number of carboxylic acid groups (broad SMARTS) is 2. The molecule has 0 fully saturated rings. The predicted molar refractivity (Wildman–Crippen MR) is 48.6 cm³/mol. The van der Waals surface area contributed by atoms with Crippen molar-refractivity contribution in [2.24, 2.45) is 10.5 Å². The number of carboxylic acids is 2. The molecule has 0 aromatic carbocycles. The van der Waals surface area contributed by atoms with E-state index in [4.69, 9.17) is 10.2 Å². The number of nitrogens with one attached hydrogen (secondary N) is 2. The summed E-state index contributed by atoms with van der Waals surface area (Å²) in [5.74, 6) is -2.94. The van der Waals surface area contributed by atoms with Crippen molar-refractivity contribution < 1.29 is 19.8 Å². The Kier molecular flexibility index (Phi) is 1.75. The van der Waals surface area contributed by atoms with E-state index in [0.29, 0.717) is 5.70 Å². The SMILES string of the molecule is O=C(O)C1(C(=O)O)C=CC=C2NNN=C21. The highest BCUT2D eigenvalue weighted by Gasteiger charge is 2.53. The Balaban J connectivity index is 2.60. The van der Waals surface area contributed by atoms with Crippen LogP contribution in [0.4, 0.5) is 0 Å². The normalized spacial score (nSPS) is 20.5. The van der Waals surface area contributed by atoms with Crippen molar-refractivity contribution in [3.63, 3.8) is 0 Å². The van der Waals surface area contributed by atoms with Gasteiger partial charge in [-0.1, -0.05) is 6.08 Å². The summed E-state index contributed by atoms with van der Waals surface area (Å²) in [4.78, 5) is 22.1. The molecule has 0 unspecified atom stereocenters. The van der Waals surface area contributed by atoms with Gasteiger partial charge in [0.05, 0.1) is 5.70 Å². The Labute approximate surface area is 83.7 Å². The smallest absolute Gasteiger partial charge is 0.331 e. The van der Waals surface area contributed by atoms with Gasteiger partial charge < -0.3 is 10.2 Å². The molecule has 7 heteroatoms. The van der Waals surface area contributed by atoms with Crippen LogP contribution in [0, 0.1) is 5.41 Å². The highest BCUT2D eigenvalue weighted by Crippen LogP contribution is 2.30. The first-order chi connectivity index (χ1) is 7.09. The van der Waals surface area contributed by atoms with Crippen LogP contribution >= 0.6 is 0 Å². The van der Waals surface area contributed by atoms with Crippen molar-refractivity contribution in [1.82, 2.24) is 11.0 Å². The van der Waals surface area contributed by atoms with Crippen LogP contribution in [0.3, 0.4) is 0 Å². The molecule has 0 aromatic rings. The second kappa shape index (κ2) is 2.84. The monoisotopic (exact) mass is 209 g/mol. The van der Waals surface area contributed by atoms with Crippen LogP contribution in [0.2, 0.25) is 0 Å². The molecule has 1 aliphatic heterocycles. The van der Waals surface area contributed by atoms with Crippen LogP contribution in [0.15, 0.2) is 29.0 Å². The van der Waals surface area contributed by atoms with Gasteiger partial charge in [0.25, 0.3) is 0 Å². The molecule has 2 aliphatic rings. The summed E-state index contributed by atoms with van der Waals surface area (Å²) in [6.07, 6.45) is 4.01. The van der Waals surface area contributed by atoms with Crippen LogP contribution in [-0.4, -0.2) is 27.9 Å². The Bertz CT molecular complexity index is 421. The van der Waals surface area contributed by atoms with E-state index in [0.717, 1.165) is 6.08 Å². The molecular weight excluding hydrogens is 202 g/mol. The van der Waals surface area contributed by atoms with Gasteiger partial charge in [0.15, 0.2) is 0 Å². The summed E-state index contributed by atoms with van der Waals surface area (Å²) in [6, 6.07) is 0. The molecule has 1 heterocycles. The molecule has 78 valence electrons. The maximum Gasteiger partial charge on any atom is 0.331 e. The van der Waals surface area contributed by atoms with Gasteiger partial charge in [0, 0.05) is 0 Å². The predicted octanol–water partition coefficient (Wildman–Crippen LogP) is -0.940. The number of hydrogen-bond donors (Lipinski definition) is 4. The number of carbonyl (C=O) groups is 2. The third-order valence-corrected chi connectivity index (χ3v) is 2.27. The molecule has 2 rings (SSSR count). The molecule has 15 heavy (non-hydrogen) atoms. The Morgan fingerprint density at radius 3 is 2.60 bits per heavy atom. The van der Waals surface area contributed by atoms with E-state index in [1.54, 1.807) is 6.08 Å². The Morgan fingerprint density at radius 2 is 2.00 bits per heavy atom. The first-order valence-electron chi connectivity index (χ1n) is 4.05. The zero-order chi connectivity index (χ0) is 11.1. The zero-order valence-corrected chi connectivity index (χ0v) is 7.39. The number of nitrogens with zero attached hydrogens (tertiary/aromatic N) is 1. The van der Waals surface area contributed by atoms with Crippen molar-refractivity contribution in [3.8, 4) is 0 Å². The largest absolute Gasteiger partial charge is 0.480 e. The van der Waals surface area contributed by atoms with E-state index < -0.39 is 17.4 Å². The molecule has 0 atom stereocenters. The fourth-order valence-corrected chi connectivity index (χ4v) is 1.49. The summed E-state index contributed by atoms with van der Waals surface area (Å²) in [7, 11) is 0. The van der Waals surface area contributed by atoms with Gasteiger partial charge in [-0.2, -0.15) is 5.10 Å². The fraction of sp³-hybridized carbons (Fsp3) is 0.125. The van der Waals surface area contributed by atoms with Crippen LogP contribution in [0.25, 0.3) is 0 Å². The number of hydrazone groups is 1. The lowest BCUT2D eigenvalue weighted by molar-refractivity contribution is -0.155. The first kappa shape index (κ1) is 9.25. The van der Waals surface area contributed by atoms with Crippen LogP contribution in [-0.2, 0) is 9.59 Å². The Hall–Kier alpha value is -2.31. The van der Waals surface area contributed by atoms with Crippen LogP contribution in [0.1, 0.15) is 0 Å². The Morgan fingerprint density at radius 1 is 1.33 bits per heavy atom. The van der Waals surface area contributed by atoms with Crippen molar-refractivity contribution in [2.75, 3.05) is 0 Å². The highest BCUT2D eigenvalue weighted by atomic mass is 16.4. The minimum Gasteiger partial charge on any atom is -0.480 e. The molecule has 1 aliphatic carbocycles. The summed E-state index contributed by atoms with van der Waals surface area (Å²) in [5, 5.41) is 21.6. The van der Waals surface area contributed by atoms with E-state index in [1.807, 2.05) is 0 Å². The molecule has 4 N–H and O–H groups in total. The lowest BCUT2D eigenvalue weighted by atomic mass is 9.78. The van der Waals surface area contributed by atoms with Crippen molar-refractivity contribution in [2.45, 2.75) is 0 Å². The quantitative estimate of drug-likeness (QED) is 0.437. The van der Waals surface area contributed by atoms with E-state index in [9.17, 15) is 9.59 Å². The van der Waals surface area contributed by atoms with E-state index in [2.05, 4.69) is 16.1 Å². The van der Waals surface area contributed by atoms with Gasteiger partial charge in [0.2, 0.25) is 5.41 Å². The minimum absolute atomic E-state index is 0.0509. The van der Waals surface area contributed by atoms with Crippen LogP contribution < -0.4 is 11.0 Å². The maximum absolute atomic E-state index is 11.1. The van der Waals surface area contributed by atoms with Crippen molar-refractivity contribution >= 4 is 17.7 Å². The summed E-state index contributed by atoms with van der Waals surface area (Å²) in [6.45, 7) is 0. The fourth-order valence-electron chi connectivity index (χ4n) is 1.49. The molecule has 0 aromatic heterocycles.